The molecule has 20 heavy (non-hydrogen) atoms. The Kier molecular flexibility index (Phi) is 5.22. The van der Waals surface area contributed by atoms with Crippen molar-refractivity contribution in [3.8, 4) is 5.75 Å². The van der Waals surface area contributed by atoms with Crippen molar-refractivity contribution in [3.63, 3.8) is 0 Å². The lowest BCUT2D eigenvalue weighted by Gasteiger charge is -2.31. The molecule has 1 aromatic carbocycles. The van der Waals surface area contributed by atoms with Crippen molar-refractivity contribution in [2.75, 3.05) is 6.61 Å². The van der Waals surface area contributed by atoms with Crippen LogP contribution in [0.1, 0.15) is 45.1 Å². The summed E-state index contributed by atoms with van der Waals surface area (Å²) < 4.78 is 5.68. The van der Waals surface area contributed by atoms with Gasteiger partial charge in [-0.05, 0) is 55.7 Å². The van der Waals surface area contributed by atoms with Gasteiger partial charge in [-0.3, -0.25) is 4.79 Å². The maximum absolute atomic E-state index is 12.2. The summed E-state index contributed by atoms with van der Waals surface area (Å²) in [6, 6.07) is 7.98. The standard InChI is InChI=1S/C18H26O2/c1-13-5-4-6-17(11-13)20-10-9-18(19)16-8-7-14(2)15(3)12-16/h4-6,11,14-16H,7-10,12H2,1-3H3. The van der Waals surface area contributed by atoms with Gasteiger partial charge < -0.3 is 4.74 Å². The van der Waals surface area contributed by atoms with E-state index in [2.05, 4.69) is 13.8 Å². The van der Waals surface area contributed by atoms with Crippen molar-refractivity contribution in [1.29, 1.82) is 0 Å². The number of carbonyl (C=O) groups is 1. The van der Waals surface area contributed by atoms with Gasteiger partial charge >= 0.3 is 0 Å². The molecule has 0 aromatic heterocycles. The maximum atomic E-state index is 12.2. The number of Topliss-reactive ketones (excluding diaryl/α,β-unsaturated/α-hetero) is 1. The van der Waals surface area contributed by atoms with Crippen molar-refractivity contribution in [1.82, 2.24) is 0 Å². The van der Waals surface area contributed by atoms with Crippen LogP contribution in [0.4, 0.5) is 0 Å². The third-order valence-corrected chi connectivity index (χ3v) is 4.66. The van der Waals surface area contributed by atoms with E-state index in [1.54, 1.807) is 0 Å². The van der Waals surface area contributed by atoms with E-state index in [1.165, 1.54) is 12.0 Å². The zero-order valence-electron chi connectivity index (χ0n) is 12.9. The van der Waals surface area contributed by atoms with Crippen molar-refractivity contribution in [2.45, 2.75) is 46.5 Å². The number of hydrogen-bond acceptors (Lipinski definition) is 2. The topological polar surface area (TPSA) is 26.3 Å². The number of ether oxygens (including phenoxy) is 1. The zero-order chi connectivity index (χ0) is 14.5. The fraction of sp³-hybridized carbons (Fsp3) is 0.611. The van der Waals surface area contributed by atoms with E-state index in [9.17, 15) is 4.79 Å². The number of aryl methyl sites for hydroxylation is 1. The molecule has 0 saturated heterocycles. The smallest absolute Gasteiger partial charge is 0.139 e. The molecule has 0 amide bonds. The number of rotatable bonds is 5. The highest BCUT2D eigenvalue weighted by atomic mass is 16.5. The molecule has 2 nitrogen and oxygen atoms in total. The Morgan fingerprint density at radius 1 is 1.25 bits per heavy atom. The van der Waals surface area contributed by atoms with Gasteiger partial charge in [0.05, 0.1) is 6.61 Å². The summed E-state index contributed by atoms with van der Waals surface area (Å²) in [6.07, 6.45) is 3.86. The minimum Gasteiger partial charge on any atom is -0.493 e. The molecule has 0 bridgehead atoms. The molecule has 0 heterocycles. The van der Waals surface area contributed by atoms with Crippen LogP contribution in [0, 0.1) is 24.7 Å². The van der Waals surface area contributed by atoms with Crippen molar-refractivity contribution >= 4 is 5.78 Å². The fourth-order valence-electron chi connectivity index (χ4n) is 3.02. The Morgan fingerprint density at radius 3 is 2.75 bits per heavy atom. The minimum absolute atomic E-state index is 0.266. The van der Waals surface area contributed by atoms with Crippen LogP contribution in [0.2, 0.25) is 0 Å². The fourth-order valence-corrected chi connectivity index (χ4v) is 3.02. The molecule has 1 aromatic rings. The maximum Gasteiger partial charge on any atom is 0.139 e. The second-order valence-electron chi connectivity index (χ2n) is 6.35. The van der Waals surface area contributed by atoms with E-state index >= 15 is 0 Å². The van der Waals surface area contributed by atoms with Crippen molar-refractivity contribution in [2.24, 2.45) is 17.8 Å². The molecule has 3 atom stereocenters. The molecular formula is C18H26O2. The molecule has 3 unspecified atom stereocenters. The van der Waals surface area contributed by atoms with E-state index in [1.807, 2.05) is 31.2 Å². The van der Waals surface area contributed by atoms with Crippen molar-refractivity contribution < 1.29 is 9.53 Å². The van der Waals surface area contributed by atoms with Gasteiger partial charge in [-0.15, -0.1) is 0 Å². The third-order valence-electron chi connectivity index (χ3n) is 4.66. The number of carbonyl (C=O) groups excluding carboxylic acids is 1. The summed E-state index contributed by atoms with van der Waals surface area (Å²) in [5, 5.41) is 0. The Bertz CT molecular complexity index is 452. The zero-order valence-corrected chi connectivity index (χ0v) is 12.9. The molecule has 2 heteroatoms. The van der Waals surface area contributed by atoms with Crippen molar-refractivity contribution in [3.05, 3.63) is 29.8 Å². The molecule has 1 aliphatic carbocycles. The van der Waals surface area contributed by atoms with E-state index in [0.29, 0.717) is 24.7 Å². The van der Waals surface area contributed by atoms with E-state index in [0.717, 1.165) is 24.5 Å². The lowest BCUT2D eigenvalue weighted by Crippen LogP contribution is -2.27. The normalized spacial score (nSPS) is 26.2. The van der Waals surface area contributed by atoms with Crippen LogP contribution in [0.5, 0.6) is 5.75 Å². The average molecular weight is 274 g/mol. The first-order chi connectivity index (χ1) is 9.56. The highest BCUT2D eigenvalue weighted by Crippen LogP contribution is 2.34. The van der Waals surface area contributed by atoms with Crippen LogP contribution in [-0.4, -0.2) is 12.4 Å². The second-order valence-corrected chi connectivity index (χ2v) is 6.35. The molecule has 0 spiro atoms. The Morgan fingerprint density at radius 2 is 2.05 bits per heavy atom. The molecule has 0 N–H and O–H groups in total. The SMILES string of the molecule is Cc1cccc(OCCC(=O)C2CCC(C)C(C)C2)c1. The van der Waals surface area contributed by atoms with Crippen LogP contribution in [0.25, 0.3) is 0 Å². The summed E-state index contributed by atoms with van der Waals surface area (Å²) >= 11 is 0. The Balaban J connectivity index is 1.75. The lowest BCUT2D eigenvalue weighted by molar-refractivity contribution is -0.125. The first-order valence-electron chi connectivity index (χ1n) is 7.78. The number of hydrogen-bond donors (Lipinski definition) is 0. The molecule has 110 valence electrons. The molecule has 2 rings (SSSR count). The van der Waals surface area contributed by atoms with Gasteiger partial charge in [-0.25, -0.2) is 0 Å². The first-order valence-corrected chi connectivity index (χ1v) is 7.78. The summed E-state index contributed by atoms with van der Waals surface area (Å²) in [5.74, 6) is 2.96. The van der Waals surface area contributed by atoms with Crippen LogP contribution < -0.4 is 4.74 Å². The van der Waals surface area contributed by atoms with Crippen LogP contribution >= 0.6 is 0 Å². The molecule has 1 fully saturated rings. The van der Waals surface area contributed by atoms with E-state index in [-0.39, 0.29) is 5.92 Å². The van der Waals surface area contributed by atoms with Gasteiger partial charge in [0.15, 0.2) is 0 Å². The highest BCUT2D eigenvalue weighted by molar-refractivity contribution is 5.81. The Labute approximate surface area is 122 Å². The quantitative estimate of drug-likeness (QED) is 0.795. The van der Waals surface area contributed by atoms with Gasteiger partial charge in [0.1, 0.15) is 11.5 Å². The number of ketones is 1. The monoisotopic (exact) mass is 274 g/mol. The van der Waals surface area contributed by atoms with Crippen LogP contribution in [0.3, 0.4) is 0 Å². The summed E-state index contributed by atoms with van der Waals surface area (Å²) in [6.45, 7) is 7.12. The molecule has 1 aliphatic rings. The largest absolute Gasteiger partial charge is 0.493 e. The van der Waals surface area contributed by atoms with Gasteiger partial charge in [-0.1, -0.05) is 26.0 Å². The number of benzene rings is 1. The molecule has 1 saturated carbocycles. The highest BCUT2D eigenvalue weighted by Gasteiger charge is 2.28. The first kappa shape index (κ1) is 15.1. The summed E-state index contributed by atoms with van der Waals surface area (Å²) in [5.41, 5.74) is 1.18. The second kappa shape index (κ2) is 6.92. The van der Waals surface area contributed by atoms with Gasteiger partial charge in [0.2, 0.25) is 0 Å². The summed E-state index contributed by atoms with van der Waals surface area (Å²) in [4.78, 5) is 12.2. The van der Waals surface area contributed by atoms with Crippen LogP contribution in [0.15, 0.2) is 24.3 Å². The predicted octanol–water partition coefficient (Wildman–Crippen LogP) is 4.41. The van der Waals surface area contributed by atoms with E-state index < -0.39 is 0 Å². The molecule has 0 radical (unpaired) electrons. The predicted molar refractivity (Wildman–Crippen MR) is 82.0 cm³/mol. The van der Waals surface area contributed by atoms with E-state index in [4.69, 9.17) is 4.74 Å². The molecular weight excluding hydrogens is 248 g/mol. The van der Waals surface area contributed by atoms with Gasteiger partial charge in [0, 0.05) is 12.3 Å². The minimum atomic E-state index is 0.266. The van der Waals surface area contributed by atoms with Gasteiger partial charge in [0.25, 0.3) is 0 Å². The average Bonchev–Trinajstić information content (AvgIpc) is 2.42. The molecule has 0 aliphatic heterocycles. The Hall–Kier alpha value is -1.31. The van der Waals surface area contributed by atoms with Crippen LogP contribution in [-0.2, 0) is 4.79 Å². The van der Waals surface area contributed by atoms with Gasteiger partial charge in [-0.2, -0.15) is 0 Å². The lowest BCUT2D eigenvalue weighted by atomic mass is 9.74. The third kappa shape index (κ3) is 4.09. The summed E-state index contributed by atoms with van der Waals surface area (Å²) in [7, 11) is 0.